The second-order valence-corrected chi connectivity index (χ2v) is 7.65. The van der Waals surface area contributed by atoms with Crippen LogP contribution in [0.3, 0.4) is 0 Å². The van der Waals surface area contributed by atoms with E-state index in [-0.39, 0.29) is 6.04 Å². The minimum Gasteiger partial charge on any atom is -0.497 e. The fraction of sp³-hybridized carbons (Fsp3) is 0.227. The Bertz CT molecular complexity index is 1090. The average Bonchev–Trinajstić information content (AvgIpc) is 3.24. The lowest BCUT2D eigenvalue weighted by molar-refractivity contribution is 0.398. The van der Waals surface area contributed by atoms with Crippen LogP contribution in [0.4, 0.5) is 0 Å². The van der Waals surface area contributed by atoms with Crippen molar-refractivity contribution < 1.29 is 9.26 Å². The van der Waals surface area contributed by atoms with Crippen LogP contribution in [0.2, 0.25) is 5.02 Å². The van der Waals surface area contributed by atoms with Crippen molar-refractivity contribution in [2.45, 2.75) is 19.9 Å². The first kappa shape index (κ1) is 20.4. The number of hydrogen-bond donors (Lipinski definition) is 1. The van der Waals surface area contributed by atoms with Crippen molar-refractivity contribution in [3.8, 4) is 17.1 Å². The molecule has 1 aromatic heterocycles. The van der Waals surface area contributed by atoms with E-state index in [2.05, 4.69) is 22.4 Å². The molecule has 2 heterocycles. The fourth-order valence-corrected chi connectivity index (χ4v) is 4.04. The predicted octanol–water partition coefficient (Wildman–Crippen LogP) is 5.08. The van der Waals surface area contributed by atoms with E-state index in [4.69, 9.17) is 33.1 Å². The first-order valence-electron chi connectivity index (χ1n) is 9.54. The van der Waals surface area contributed by atoms with Crippen LogP contribution in [0.25, 0.3) is 17.0 Å². The summed E-state index contributed by atoms with van der Waals surface area (Å²) < 4.78 is 11.0. The summed E-state index contributed by atoms with van der Waals surface area (Å²) in [6.07, 6.45) is 0. The molecule has 2 aromatic carbocycles. The molecule has 0 saturated carbocycles. The minimum atomic E-state index is -0.218. The fourth-order valence-electron chi connectivity index (χ4n) is 3.53. The van der Waals surface area contributed by atoms with Gasteiger partial charge in [0.1, 0.15) is 5.75 Å². The molecule has 0 radical (unpaired) electrons. The maximum absolute atomic E-state index is 5.99. The molecule has 1 N–H and O–H groups in total. The molecule has 0 aliphatic carbocycles. The highest BCUT2D eigenvalue weighted by molar-refractivity contribution is 7.80. The summed E-state index contributed by atoms with van der Waals surface area (Å²) in [6.45, 7) is 4.80. The number of aromatic nitrogens is 2. The van der Waals surface area contributed by atoms with E-state index in [1.54, 1.807) is 19.2 Å². The maximum Gasteiger partial charge on any atom is 0.258 e. The van der Waals surface area contributed by atoms with Gasteiger partial charge < -0.3 is 19.5 Å². The zero-order valence-electron chi connectivity index (χ0n) is 16.8. The molecule has 4 rings (SSSR count). The Morgan fingerprint density at radius 1 is 1.17 bits per heavy atom. The standard InChI is InChI=1S/C22H21ClN4O2S/c1-4-27-13(2)18(19(24-22(27)30)14-7-11-17(28-3)12-8-14)21-25-20(26-29-21)15-5-9-16(23)10-6-15/h5-12,19H,4H2,1-3H3,(H,24,30). The number of benzene rings is 2. The SMILES string of the molecule is CCN1C(=S)NC(c2ccc(OC)cc2)C(c2nc(-c3ccc(Cl)cc3)no2)=C1C. The molecule has 0 saturated heterocycles. The van der Waals surface area contributed by atoms with Crippen molar-refractivity contribution in [1.29, 1.82) is 0 Å². The molecule has 0 bridgehead atoms. The Morgan fingerprint density at radius 2 is 1.87 bits per heavy atom. The highest BCUT2D eigenvalue weighted by Gasteiger charge is 2.33. The van der Waals surface area contributed by atoms with E-state index in [1.165, 1.54) is 0 Å². The Hall–Kier alpha value is -2.90. The topological polar surface area (TPSA) is 63.4 Å². The Labute approximate surface area is 185 Å². The maximum atomic E-state index is 5.99. The summed E-state index contributed by atoms with van der Waals surface area (Å²) in [5.74, 6) is 1.75. The van der Waals surface area contributed by atoms with E-state index in [0.29, 0.717) is 21.9 Å². The quantitative estimate of drug-likeness (QED) is 0.555. The van der Waals surface area contributed by atoms with Gasteiger partial charge in [-0.1, -0.05) is 28.9 Å². The number of allylic oxidation sites excluding steroid dienone is 1. The normalized spacial score (nSPS) is 16.6. The van der Waals surface area contributed by atoms with Crippen LogP contribution in [0, 0.1) is 0 Å². The zero-order valence-corrected chi connectivity index (χ0v) is 18.4. The third kappa shape index (κ3) is 3.78. The second kappa shape index (κ2) is 8.45. The van der Waals surface area contributed by atoms with Crippen LogP contribution in [-0.4, -0.2) is 33.8 Å². The largest absolute Gasteiger partial charge is 0.497 e. The van der Waals surface area contributed by atoms with Gasteiger partial charge in [0, 0.05) is 22.8 Å². The summed E-state index contributed by atoms with van der Waals surface area (Å²) >= 11 is 11.6. The molecule has 1 atom stereocenters. The molecule has 154 valence electrons. The third-order valence-electron chi connectivity index (χ3n) is 5.12. The van der Waals surface area contributed by atoms with Gasteiger partial charge in [-0.3, -0.25) is 0 Å². The molecule has 3 aromatic rings. The molecule has 0 amide bonds. The number of methoxy groups -OCH3 is 1. The summed E-state index contributed by atoms with van der Waals surface area (Å²) in [5.41, 5.74) is 3.73. The van der Waals surface area contributed by atoms with Gasteiger partial charge in [0.2, 0.25) is 5.82 Å². The third-order valence-corrected chi connectivity index (χ3v) is 5.71. The molecule has 0 spiro atoms. The van der Waals surface area contributed by atoms with Crippen LogP contribution < -0.4 is 10.1 Å². The summed E-state index contributed by atoms with van der Waals surface area (Å²) in [4.78, 5) is 6.70. The Morgan fingerprint density at radius 3 is 2.50 bits per heavy atom. The minimum absolute atomic E-state index is 0.218. The molecule has 1 aliphatic heterocycles. The summed E-state index contributed by atoms with van der Waals surface area (Å²) in [6, 6.07) is 15.0. The smallest absolute Gasteiger partial charge is 0.258 e. The van der Waals surface area contributed by atoms with E-state index < -0.39 is 0 Å². The van der Waals surface area contributed by atoms with Gasteiger partial charge in [-0.05, 0) is 68.0 Å². The number of ether oxygens (including phenoxy) is 1. The van der Waals surface area contributed by atoms with Crippen LogP contribution in [-0.2, 0) is 0 Å². The van der Waals surface area contributed by atoms with Gasteiger partial charge in [0.25, 0.3) is 5.89 Å². The van der Waals surface area contributed by atoms with E-state index in [0.717, 1.165) is 34.7 Å². The van der Waals surface area contributed by atoms with Gasteiger partial charge >= 0.3 is 0 Å². The number of nitrogens with zero attached hydrogens (tertiary/aromatic N) is 3. The molecule has 6 nitrogen and oxygen atoms in total. The van der Waals surface area contributed by atoms with Crippen LogP contribution >= 0.6 is 23.8 Å². The van der Waals surface area contributed by atoms with Gasteiger partial charge in [-0.2, -0.15) is 4.98 Å². The average molecular weight is 441 g/mol. The highest BCUT2D eigenvalue weighted by Crippen LogP contribution is 2.37. The van der Waals surface area contributed by atoms with E-state index >= 15 is 0 Å². The number of thiocarbonyl (C=S) groups is 1. The molecular formula is C22H21ClN4O2S. The lowest BCUT2D eigenvalue weighted by atomic mass is 9.94. The van der Waals surface area contributed by atoms with Crippen molar-refractivity contribution in [3.05, 3.63) is 70.7 Å². The Kier molecular flexibility index (Phi) is 5.74. The second-order valence-electron chi connectivity index (χ2n) is 6.83. The highest BCUT2D eigenvalue weighted by atomic mass is 35.5. The summed E-state index contributed by atoms with van der Waals surface area (Å²) in [5, 5.41) is 8.93. The number of halogens is 1. The van der Waals surface area contributed by atoms with Crippen molar-refractivity contribution in [2.75, 3.05) is 13.7 Å². The molecule has 0 fully saturated rings. The van der Waals surface area contributed by atoms with Crippen molar-refractivity contribution >= 4 is 34.5 Å². The van der Waals surface area contributed by atoms with Gasteiger partial charge in [0.05, 0.1) is 18.7 Å². The van der Waals surface area contributed by atoms with E-state index in [1.807, 2.05) is 48.2 Å². The van der Waals surface area contributed by atoms with Gasteiger partial charge in [-0.15, -0.1) is 0 Å². The van der Waals surface area contributed by atoms with Crippen LogP contribution in [0.5, 0.6) is 5.75 Å². The molecule has 30 heavy (non-hydrogen) atoms. The number of nitrogens with one attached hydrogen (secondary N) is 1. The van der Waals surface area contributed by atoms with Crippen molar-refractivity contribution in [3.63, 3.8) is 0 Å². The Balaban J connectivity index is 1.79. The van der Waals surface area contributed by atoms with E-state index in [9.17, 15) is 0 Å². The van der Waals surface area contributed by atoms with Crippen molar-refractivity contribution in [1.82, 2.24) is 20.4 Å². The monoisotopic (exact) mass is 440 g/mol. The molecule has 1 aliphatic rings. The van der Waals surface area contributed by atoms with Crippen LogP contribution in [0.15, 0.2) is 58.8 Å². The summed E-state index contributed by atoms with van der Waals surface area (Å²) in [7, 11) is 1.65. The first-order valence-corrected chi connectivity index (χ1v) is 10.3. The number of hydrogen-bond acceptors (Lipinski definition) is 5. The lowest BCUT2D eigenvalue weighted by Gasteiger charge is -2.36. The lowest BCUT2D eigenvalue weighted by Crippen LogP contribution is -2.45. The van der Waals surface area contributed by atoms with Gasteiger partial charge in [-0.25, -0.2) is 0 Å². The first-order chi connectivity index (χ1) is 14.5. The molecule has 1 unspecified atom stereocenters. The van der Waals surface area contributed by atoms with Crippen molar-refractivity contribution in [2.24, 2.45) is 0 Å². The molecular weight excluding hydrogens is 420 g/mol. The molecule has 8 heteroatoms. The van der Waals surface area contributed by atoms with Crippen LogP contribution in [0.1, 0.15) is 31.3 Å². The zero-order chi connectivity index (χ0) is 21.3. The number of rotatable bonds is 5. The predicted molar refractivity (Wildman–Crippen MR) is 121 cm³/mol. The van der Waals surface area contributed by atoms with Gasteiger partial charge in [0.15, 0.2) is 5.11 Å².